The largest absolute Gasteiger partial charge is 0.429 e. The molecule has 0 aromatic rings. The summed E-state index contributed by atoms with van der Waals surface area (Å²) in [6.07, 6.45) is 0.945. The number of rotatable bonds is 6. The number of unbranched alkanes of at least 4 members (excludes halogenated alkanes) is 1. The smallest absolute Gasteiger partial charge is 0.370 e. The van der Waals surface area contributed by atoms with E-state index < -0.39 is 19.6 Å². The van der Waals surface area contributed by atoms with Gasteiger partial charge in [-0.1, -0.05) is 0 Å². The second-order valence-corrected chi connectivity index (χ2v) is 4.06. The van der Waals surface area contributed by atoms with Gasteiger partial charge in [0.2, 0.25) is 11.8 Å². The Kier molecular flexibility index (Phi) is 5.37. The van der Waals surface area contributed by atoms with E-state index in [4.69, 9.17) is 15.5 Å². The molecule has 7 nitrogen and oxygen atoms in total. The molecule has 0 fully saturated rings. The van der Waals surface area contributed by atoms with Crippen molar-refractivity contribution in [3.8, 4) is 0 Å². The molecule has 0 unspecified atom stereocenters. The number of nitrogens with two attached hydrogens (primary N) is 1. The first-order valence-corrected chi connectivity index (χ1v) is 5.57. The van der Waals surface area contributed by atoms with Crippen LogP contribution in [0.25, 0.3) is 0 Å². The zero-order chi connectivity index (χ0) is 11.2. The van der Waals surface area contributed by atoms with E-state index in [1.807, 2.05) is 0 Å². The molecule has 0 spiro atoms. The molecular formula is C6H13N2O5P. The van der Waals surface area contributed by atoms with Gasteiger partial charge >= 0.3 is 7.75 Å². The molecule has 82 valence electrons. The average Bonchev–Trinajstić information content (AvgIpc) is 1.94. The monoisotopic (exact) mass is 224 g/mol. The number of amides is 2. The third-order valence-corrected chi connectivity index (χ3v) is 1.89. The molecule has 0 aromatic heterocycles. The molecule has 0 bridgehead atoms. The van der Waals surface area contributed by atoms with Crippen LogP contribution in [-0.2, 0) is 14.2 Å². The van der Waals surface area contributed by atoms with Crippen molar-refractivity contribution in [2.45, 2.75) is 25.7 Å². The third kappa shape index (κ3) is 9.18. The fourth-order valence-electron chi connectivity index (χ4n) is 0.803. The molecule has 14 heavy (non-hydrogen) atoms. The van der Waals surface area contributed by atoms with E-state index in [1.54, 1.807) is 0 Å². The van der Waals surface area contributed by atoms with Gasteiger partial charge in [0.1, 0.15) is 0 Å². The molecule has 0 aromatic carbocycles. The van der Waals surface area contributed by atoms with Crippen molar-refractivity contribution in [1.82, 2.24) is 5.09 Å². The van der Waals surface area contributed by atoms with Crippen molar-refractivity contribution in [2.24, 2.45) is 5.73 Å². The minimum absolute atomic E-state index is 0.0294. The maximum atomic E-state index is 10.8. The van der Waals surface area contributed by atoms with Gasteiger partial charge in [0.05, 0.1) is 0 Å². The van der Waals surface area contributed by atoms with Gasteiger partial charge in [0.25, 0.3) is 0 Å². The van der Waals surface area contributed by atoms with Crippen molar-refractivity contribution < 1.29 is 23.9 Å². The van der Waals surface area contributed by atoms with Crippen molar-refractivity contribution in [3.63, 3.8) is 0 Å². The second-order valence-electron chi connectivity index (χ2n) is 2.75. The fraction of sp³-hybridized carbons (Fsp3) is 0.667. The summed E-state index contributed by atoms with van der Waals surface area (Å²) >= 11 is 0. The normalized spacial score (nSPS) is 11.0. The van der Waals surface area contributed by atoms with E-state index >= 15 is 0 Å². The number of carbonyl (C=O) groups is 2. The van der Waals surface area contributed by atoms with Crippen molar-refractivity contribution in [3.05, 3.63) is 0 Å². The van der Waals surface area contributed by atoms with Crippen LogP contribution >= 0.6 is 7.75 Å². The summed E-state index contributed by atoms with van der Waals surface area (Å²) in [5.41, 5.74) is 4.85. The van der Waals surface area contributed by atoms with Crippen LogP contribution in [0.4, 0.5) is 0 Å². The first-order chi connectivity index (χ1) is 6.31. The Morgan fingerprint density at radius 3 is 2.14 bits per heavy atom. The Labute approximate surface area is 80.9 Å². The zero-order valence-corrected chi connectivity index (χ0v) is 8.37. The predicted octanol–water partition coefficient (Wildman–Crippen LogP) is -0.759. The molecule has 0 saturated carbocycles. The molecule has 5 N–H and O–H groups in total. The van der Waals surface area contributed by atoms with E-state index in [0.29, 0.717) is 12.8 Å². The van der Waals surface area contributed by atoms with E-state index in [9.17, 15) is 14.2 Å². The Hall–Kier alpha value is -0.910. The lowest BCUT2D eigenvalue weighted by Gasteiger charge is -2.05. The summed E-state index contributed by atoms with van der Waals surface area (Å²) in [7, 11) is -4.48. The van der Waals surface area contributed by atoms with Gasteiger partial charge in [-0.25, -0.2) is 4.57 Å². The minimum atomic E-state index is -4.48. The number of primary amides is 1. The van der Waals surface area contributed by atoms with Crippen molar-refractivity contribution >= 4 is 19.6 Å². The maximum Gasteiger partial charge on any atom is 0.429 e. The Bertz CT molecular complexity index is 261. The number of hydrogen-bond acceptors (Lipinski definition) is 3. The molecule has 0 rings (SSSR count). The number of carbonyl (C=O) groups excluding carboxylic acids is 2. The molecule has 2 amide bonds. The van der Waals surface area contributed by atoms with Crippen LogP contribution in [0, 0.1) is 0 Å². The number of nitrogens with one attached hydrogen (secondary N) is 1. The molecule has 0 aliphatic carbocycles. The lowest BCUT2D eigenvalue weighted by atomic mass is 10.2. The lowest BCUT2D eigenvalue weighted by Crippen LogP contribution is -2.19. The SMILES string of the molecule is NC(=O)CCCCC(=O)NP(=O)(O)O. The van der Waals surface area contributed by atoms with Crippen LogP contribution < -0.4 is 10.8 Å². The highest BCUT2D eigenvalue weighted by molar-refractivity contribution is 7.50. The van der Waals surface area contributed by atoms with Crippen LogP contribution in [0.15, 0.2) is 0 Å². The zero-order valence-electron chi connectivity index (χ0n) is 7.47. The molecule has 0 atom stereocenters. The predicted molar refractivity (Wildman–Crippen MR) is 47.8 cm³/mol. The molecule has 0 saturated heterocycles. The van der Waals surface area contributed by atoms with Crippen molar-refractivity contribution in [1.29, 1.82) is 0 Å². The summed E-state index contributed by atoms with van der Waals surface area (Å²) in [6.45, 7) is 0. The quantitative estimate of drug-likeness (QED) is 0.348. The molecule has 0 aliphatic rings. The van der Waals surface area contributed by atoms with Crippen LogP contribution in [0.1, 0.15) is 25.7 Å². The molecular weight excluding hydrogens is 211 g/mol. The fourth-order valence-corrected chi connectivity index (χ4v) is 1.24. The second kappa shape index (κ2) is 5.74. The van der Waals surface area contributed by atoms with Crippen LogP contribution in [0.3, 0.4) is 0 Å². The van der Waals surface area contributed by atoms with E-state index in [-0.39, 0.29) is 12.8 Å². The Morgan fingerprint density at radius 1 is 1.21 bits per heavy atom. The van der Waals surface area contributed by atoms with Gasteiger partial charge < -0.3 is 15.5 Å². The Balaban J connectivity index is 3.56. The van der Waals surface area contributed by atoms with Gasteiger partial charge in [-0.15, -0.1) is 0 Å². The molecule has 8 heteroatoms. The van der Waals surface area contributed by atoms with Crippen LogP contribution in [0.5, 0.6) is 0 Å². The molecule has 0 heterocycles. The summed E-state index contributed by atoms with van der Waals surface area (Å²) in [5.74, 6) is -1.19. The topological polar surface area (TPSA) is 130 Å². The van der Waals surface area contributed by atoms with E-state index in [1.165, 1.54) is 5.09 Å². The summed E-state index contributed by atoms with van der Waals surface area (Å²) in [4.78, 5) is 37.7. The summed E-state index contributed by atoms with van der Waals surface area (Å²) in [6, 6.07) is 0. The highest BCUT2D eigenvalue weighted by Gasteiger charge is 2.15. The number of hydrogen-bond donors (Lipinski definition) is 4. The standard InChI is InChI=1S/C6H13N2O5P/c7-5(9)3-1-2-4-6(10)8-14(11,12)13/h1-4H2,(H2,7,9)(H3,8,10,11,12,13). The van der Waals surface area contributed by atoms with Crippen LogP contribution in [0.2, 0.25) is 0 Å². The van der Waals surface area contributed by atoms with E-state index in [0.717, 1.165) is 0 Å². The van der Waals surface area contributed by atoms with Gasteiger partial charge in [-0.2, -0.15) is 0 Å². The highest BCUT2D eigenvalue weighted by Crippen LogP contribution is 2.28. The van der Waals surface area contributed by atoms with Gasteiger partial charge in [-0.05, 0) is 12.8 Å². The average molecular weight is 224 g/mol. The minimum Gasteiger partial charge on any atom is -0.370 e. The first-order valence-electron chi connectivity index (χ1n) is 3.96. The summed E-state index contributed by atoms with van der Waals surface area (Å²) < 4.78 is 10.3. The van der Waals surface area contributed by atoms with Gasteiger partial charge in [0, 0.05) is 12.8 Å². The molecule has 0 radical (unpaired) electrons. The first kappa shape index (κ1) is 13.1. The maximum absolute atomic E-state index is 10.8. The van der Waals surface area contributed by atoms with Crippen molar-refractivity contribution in [2.75, 3.05) is 0 Å². The highest BCUT2D eigenvalue weighted by atomic mass is 31.2. The summed E-state index contributed by atoms with van der Waals surface area (Å²) in [5, 5.41) is 1.52. The lowest BCUT2D eigenvalue weighted by molar-refractivity contribution is -0.121. The van der Waals surface area contributed by atoms with Gasteiger partial charge in [0.15, 0.2) is 0 Å². The Morgan fingerprint density at radius 2 is 1.71 bits per heavy atom. The van der Waals surface area contributed by atoms with E-state index in [2.05, 4.69) is 0 Å². The van der Waals surface area contributed by atoms with Gasteiger partial charge in [-0.3, -0.25) is 14.7 Å². The van der Waals surface area contributed by atoms with Crippen LogP contribution in [-0.4, -0.2) is 21.6 Å². The third-order valence-electron chi connectivity index (χ3n) is 1.35. The molecule has 0 aliphatic heterocycles.